The highest BCUT2D eigenvalue weighted by atomic mass is 35.5. The summed E-state index contributed by atoms with van der Waals surface area (Å²) < 4.78 is 11.0. The van der Waals surface area contributed by atoms with E-state index in [0.717, 1.165) is 17.5 Å². The summed E-state index contributed by atoms with van der Waals surface area (Å²) in [5.41, 5.74) is 4.00. The molecular weight excluding hydrogens is 434 g/mol. The van der Waals surface area contributed by atoms with Crippen molar-refractivity contribution in [3.05, 3.63) is 71.1 Å². The lowest BCUT2D eigenvalue weighted by Gasteiger charge is -2.11. The zero-order valence-electron chi connectivity index (χ0n) is 16.9. The molecule has 0 saturated carbocycles. The van der Waals surface area contributed by atoms with Gasteiger partial charge in [0.15, 0.2) is 16.5 Å². The smallest absolute Gasteiger partial charge is 0.293 e. The van der Waals surface area contributed by atoms with Crippen molar-refractivity contribution in [3.63, 3.8) is 0 Å². The fourth-order valence-electron chi connectivity index (χ4n) is 3.09. The Labute approximate surface area is 189 Å². The average Bonchev–Trinajstić information content (AvgIpc) is 3.44. The molecule has 6 nitrogen and oxygen atoms in total. The Kier molecular flexibility index (Phi) is 6.06. The van der Waals surface area contributed by atoms with E-state index in [1.54, 1.807) is 24.3 Å². The molecule has 0 unspecified atom stereocenters. The van der Waals surface area contributed by atoms with Crippen LogP contribution in [0.2, 0.25) is 5.02 Å². The molecule has 4 rings (SSSR count). The molecule has 1 amide bonds. The lowest BCUT2D eigenvalue weighted by atomic mass is 9.98. The lowest BCUT2D eigenvalue weighted by Crippen LogP contribution is -2.33. The highest BCUT2D eigenvalue weighted by molar-refractivity contribution is 7.80. The third-order valence-corrected chi connectivity index (χ3v) is 5.56. The van der Waals surface area contributed by atoms with Crippen LogP contribution in [0.15, 0.2) is 63.6 Å². The predicted molar refractivity (Wildman–Crippen MR) is 126 cm³/mol. The number of furan rings is 1. The van der Waals surface area contributed by atoms with Gasteiger partial charge in [-0.25, -0.2) is 4.98 Å². The van der Waals surface area contributed by atoms with Gasteiger partial charge in [-0.15, -0.1) is 0 Å². The van der Waals surface area contributed by atoms with Crippen molar-refractivity contribution >= 4 is 51.6 Å². The maximum absolute atomic E-state index is 12.1. The summed E-state index contributed by atoms with van der Waals surface area (Å²) in [5, 5.41) is 6.02. The number of benzene rings is 2. The van der Waals surface area contributed by atoms with Crippen molar-refractivity contribution in [1.29, 1.82) is 0 Å². The first-order valence-electron chi connectivity index (χ1n) is 9.81. The van der Waals surface area contributed by atoms with E-state index in [0.29, 0.717) is 28.1 Å². The van der Waals surface area contributed by atoms with Crippen LogP contribution in [0.4, 0.5) is 5.69 Å². The van der Waals surface area contributed by atoms with E-state index in [9.17, 15) is 4.79 Å². The molecule has 1 atom stereocenters. The molecule has 31 heavy (non-hydrogen) atoms. The largest absolute Gasteiger partial charge is 0.459 e. The summed E-state index contributed by atoms with van der Waals surface area (Å²) in [5.74, 6) is 0.632. The van der Waals surface area contributed by atoms with E-state index < -0.39 is 5.91 Å². The predicted octanol–water partition coefficient (Wildman–Crippen LogP) is 6.38. The first kappa shape index (κ1) is 21.1. The van der Waals surface area contributed by atoms with Gasteiger partial charge in [0.2, 0.25) is 5.89 Å². The number of carbonyl (C=O) groups excluding carboxylic acids is 1. The number of anilines is 1. The standard InChI is InChI=1S/C23H20ClN3O3S/c1-3-13(2)14-7-9-19-18(11-14)25-22(30-19)15-6-8-16(24)17(12-15)26-23(31)27-21(28)20-5-4-10-29-20/h4-13H,3H2,1-2H3,(H2,26,27,28,31)/t13-/m1/s1. The van der Waals surface area contributed by atoms with Crippen LogP contribution in [0.3, 0.4) is 0 Å². The molecule has 0 aliphatic heterocycles. The maximum Gasteiger partial charge on any atom is 0.293 e. The van der Waals surface area contributed by atoms with Gasteiger partial charge < -0.3 is 14.2 Å². The van der Waals surface area contributed by atoms with Crippen LogP contribution in [-0.2, 0) is 0 Å². The summed E-state index contributed by atoms with van der Waals surface area (Å²) in [7, 11) is 0. The summed E-state index contributed by atoms with van der Waals surface area (Å²) in [6.45, 7) is 4.35. The Balaban J connectivity index is 1.56. The van der Waals surface area contributed by atoms with Gasteiger partial charge in [-0.05, 0) is 72.6 Å². The Morgan fingerprint density at radius 3 is 2.81 bits per heavy atom. The van der Waals surface area contributed by atoms with Crippen LogP contribution < -0.4 is 10.6 Å². The highest BCUT2D eigenvalue weighted by Gasteiger charge is 2.15. The fourth-order valence-corrected chi connectivity index (χ4v) is 3.46. The van der Waals surface area contributed by atoms with E-state index in [-0.39, 0.29) is 10.9 Å². The van der Waals surface area contributed by atoms with Gasteiger partial charge in [-0.1, -0.05) is 31.5 Å². The van der Waals surface area contributed by atoms with Crippen LogP contribution in [0.1, 0.15) is 42.3 Å². The quantitative estimate of drug-likeness (QED) is 0.341. The Hall–Kier alpha value is -3.16. The normalized spacial score (nSPS) is 12.0. The Bertz CT molecular complexity index is 1250. The molecule has 0 aliphatic carbocycles. The molecule has 158 valence electrons. The second-order valence-corrected chi connectivity index (χ2v) is 7.95. The second kappa shape index (κ2) is 8.91. The third kappa shape index (κ3) is 4.62. The number of amides is 1. The molecule has 0 spiro atoms. The number of nitrogens with zero attached hydrogens (tertiary/aromatic N) is 1. The number of carbonyl (C=O) groups is 1. The van der Waals surface area contributed by atoms with Gasteiger partial charge >= 0.3 is 0 Å². The SMILES string of the molecule is CC[C@@H](C)c1ccc2oc(-c3ccc(Cl)c(NC(=S)NC(=O)c4ccco4)c3)nc2c1. The monoisotopic (exact) mass is 453 g/mol. The van der Waals surface area contributed by atoms with Gasteiger partial charge in [0.1, 0.15) is 5.52 Å². The molecule has 2 aromatic carbocycles. The minimum atomic E-state index is -0.453. The van der Waals surface area contributed by atoms with E-state index in [2.05, 4.69) is 41.6 Å². The molecule has 0 radical (unpaired) electrons. The van der Waals surface area contributed by atoms with Crippen molar-refractivity contribution in [3.8, 4) is 11.5 Å². The third-order valence-electron chi connectivity index (χ3n) is 5.03. The van der Waals surface area contributed by atoms with Gasteiger partial charge in [0.25, 0.3) is 5.91 Å². The van der Waals surface area contributed by atoms with E-state index in [1.807, 2.05) is 12.1 Å². The van der Waals surface area contributed by atoms with Crippen molar-refractivity contribution in [2.24, 2.45) is 0 Å². The summed E-state index contributed by atoms with van der Waals surface area (Å²) >= 11 is 11.5. The molecule has 8 heteroatoms. The van der Waals surface area contributed by atoms with Crippen LogP contribution in [0.25, 0.3) is 22.6 Å². The zero-order valence-corrected chi connectivity index (χ0v) is 18.5. The zero-order chi connectivity index (χ0) is 22.0. The number of nitrogens with one attached hydrogen (secondary N) is 2. The van der Waals surface area contributed by atoms with Gasteiger partial charge in [0, 0.05) is 5.56 Å². The number of oxazole rings is 1. The molecule has 0 fully saturated rings. The molecule has 0 aliphatic rings. The number of thiocarbonyl (C=S) groups is 1. The maximum atomic E-state index is 12.1. The average molecular weight is 454 g/mol. The van der Waals surface area contributed by atoms with Crippen molar-refractivity contribution in [1.82, 2.24) is 10.3 Å². The topological polar surface area (TPSA) is 80.3 Å². The summed E-state index contributed by atoms with van der Waals surface area (Å²) in [4.78, 5) is 16.7. The van der Waals surface area contributed by atoms with Crippen molar-refractivity contribution in [2.45, 2.75) is 26.2 Å². The number of hydrogen-bond acceptors (Lipinski definition) is 5. The van der Waals surface area contributed by atoms with Gasteiger partial charge in [-0.2, -0.15) is 0 Å². The first-order valence-corrected chi connectivity index (χ1v) is 10.6. The minimum Gasteiger partial charge on any atom is -0.459 e. The van der Waals surface area contributed by atoms with Crippen LogP contribution in [0.5, 0.6) is 0 Å². The van der Waals surface area contributed by atoms with Crippen LogP contribution in [-0.4, -0.2) is 16.0 Å². The number of halogens is 1. The van der Waals surface area contributed by atoms with E-state index in [1.165, 1.54) is 11.8 Å². The molecular formula is C23H20ClN3O3S. The lowest BCUT2D eigenvalue weighted by molar-refractivity contribution is 0.0950. The van der Waals surface area contributed by atoms with E-state index in [4.69, 9.17) is 32.7 Å². The summed E-state index contributed by atoms with van der Waals surface area (Å²) in [6.07, 6.45) is 2.47. The molecule has 2 heterocycles. The first-order chi connectivity index (χ1) is 14.9. The molecule has 2 N–H and O–H groups in total. The minimum absolute atomic E-state index is 0.0937. The van der Waals surface area contributed by atoms with Crippen molar-refractivity contribution < 1.29 is 13.6 Å². The Morgan fingerprint density at radius 1 is 1.23 bits per heavy atom. The number of aromatic nitrogens is 1. The fraction of sp³-hybridized carbons (Fsp3) is 0.174. The van der Waals surface area contributed by atoms with Gasteiger partial charge in [0.05, 0.1) is 17.0 Å². The molecule has 0 bridgehead atoms. The van der Waals surface area contributed by atoms with Crippen molar-refractivity contribution in [2.75, 3.05) is 5.32 Å². The highest BCUT2D eigenvalue weighted by Crippen LogP contribution is 2.31. The van der Waals surface area contributed by atoms with Gasteiger partial charge in [-0.3, -0.25) is 10.1 Å². The molecule has 0 saturated heterocycles. The number of hydrogen-bond donors (Lipinski definition) is 2. The molecule has 2 aromatic heterocycles. The Morgan fingerprint density at radius 2 is 2.06 bits per heavy atom. The number of fused-ring (bicyclic) bond motifs is 1. The second-order valence-electron chi connectivity index (χ2n) is 7.14. The number of rotatable bonds is 5. The van der Waals surface area contributed by atoms with E-state index >= 15 is 0 Å². The van der Waals surface area contributed by atoms with Crippen LogP contribution >= 0.6 is 23.8 Å². The van der Waals surface area contributed by atoms with Crippen LogP contribution in [0, 0.1) is 0 Å². The summed E-state index contributed by atoms with van der Waals surface area (Å²) in [6, 6.07) is 14.6. The molecule has 4 aromatic rings.